The van der Waals surface area contributed by atoms with Crippen LogP contribution in [0.15, 0.2) is 145 Å². The zero-order chi connectivity index (χ0) is 102. The number of sulfone groups is 1. The van der Waals surface area contributed by atoms with Crippen molar-refractivity contribution in [2.75, 3.05) is 66.5 Å². The Morgan fingerprint density at radius 2 is 0.748 bits per heavy atom. The SMILES string of the molecule is CCOC(=O)CCc1ccc(N2C[C@@H]3C[C@H]2C[C@H]3OCc2c(-c3c(F)cccc3Cl)noc2C2CC2)c(F)c1.Fc1cccc(Cl)c1-c1noc(C2CC2)c1CO[C@@H]1C[C@@H]2C[C@H]1CN2.O=C(CCc1ccc(N2C[C@@H]3C[C@H]2C[C@H]3OCc2c(-c3c(F)cccc3Cl)noc2C2CC2)c(F)c1)CS(=O)(=O)C1CCOCC1.O=C(O)CCc1ccc(N2C[C@@H]3C[C@H]2C[C@H]3OCc2c(-c3c(F)cccc3Cl)noc2C2CC2)c(F)c1. The molecule has 11 aromatic rings. The zero-order valence-corrected chi connectivity index (χ0v) is 85.0. The first-order valence-electron chi connectivity index (χ1n) is 51.4. The van der Waals surface area contributed by atoms with Crippen molar-refractivity contribution in [1.82, 2.24) is 25.9 Å². The van der Waals surface area contributed by atoms with E-state index in [4.69, 9.17) is 98.0 Å². The van der Waals surface area contributed by atoms with Gasteiger partial charge in [-0.25, -0.2) is 39.2 Å². The van der Waals surface area contributed by atoms with Gasteiger partial charge in [-0.15, -0.1) is 0 Å². The predicted molar refractivity (Wildman–Crippen MR) is 537 cm³/mol. The van der Waals surface area contributed by atoms with Gasteiger partial charge in [-0.05, 0) is 249 Å². The molecule has 8 saturated carbocycles. The van der Waals surface area contributed by atoms with Gasteiger partial charge in [-0.3, -0.25) is 14.4 Å². The number of Topliss-reactive ketones (excluding diaryl/α,β-unsaturated/α-hetero) is 1. The van der Waals surface area contributed by atoms with Crippen LogP contribution in [-0.2, 0) is 98.3 Å². The molecule has 0 spiro atoms. The van der Waals surface area contributed by atoms with E-state index in [0.717, 1.165) is 154 Å². The molecule has 2 N–H and O–H groups in total. The molecule has 24 rings (SSSR count). The molecular weight excluding hydrogens is 2010 g/mol. The topological polar surface area (TPSA) is 287 Å². The summed E-state index contributed by atoms with van der Waals surface area (Å²) in [5.74, 6) is 0.944. The van der Waals surface area contributed by atoms with Gasteiger partial charge in [-0.1, -0.05) is 109 Å². The predicted octanol–water partition coefficient (Wildman–Crippen LogP) is 23.9. The quantitative estimate of drug-likeness (QED) is 0.0272. The fourth-order valence-electron chi connectivity index (χ4n) is 23.4. The number of piperidine rings is 4. The lowest BCUT2D eigenvalue weighted by molar-refractivity contribution is -0.143. The molecule has 5 saturated heterocycles. The number of benzene rings is 7. The highest BCUT2D eigenvalue weighted by atomic mass is 35.5. The molecule has 8 aliphatic carbocycles. The van der Waals surface area contributed by atoms with Gasteiger partial charge in [-0.2, -0.15) is 0 Å². The van der Waals surface area contributed by atoms with Crippen LogP contribution in [0.5, 0.6) is 0 Å². The third kappa shape index (κ3) is 22.8. The van der Waals surface area contributed by atoms with E-state index in [2.05, 4.69) is 40.6 Å². The van der Waals surface area contributed by atoms with Crippen molar-refractivity contribution in [2.45, 2.75) is 265 Å². The highest BCUT2D eigenvalue weighted by Gasteiger charge is 2.51. The number of ketones is 1. The number of aromatic nitrogens is 4. The minimum absolute atomic E-state index is 0.00467. The summed E-state index contributed by atoms with van der Waals surface area (Å²) >= 11 is 25.3. The molecule has 4 aromatic heterocycles. The number of carbonyl (C=O) groups excluding carboxylic acids is 2. The highest BCUT2D eigenvalue weighted by Crippen LogP contribution is 2.54. The molecule has 36 heteroatoms. The first kappa shape index (κ1) is 103. The van der Waals surface area contributed by atoms with Crippen LogP contribution in [0.1, 0.15) is 227 Å². The Hall–Kier alpha value is -10.2. The van der Waals surface area contributed by atoms with Gasteiger partial charge in [0.15, 0.2) is 9.84 Å². The molecule has 0 radical (unpaired) electrons. The number of halogens is 11. The Balaban J connectivity index is 0.000000117. The average molecular weight is 2120 g/mol. The fraction of sp³-hybridized carbons (Fsp3) is 0.486. The van der Waals surface area contributed by atoms with E-state index in [1.165, 1.54) is 48.9 Å². The second-order valence-electron chi connectivity index (χ2n) is 41.5. The Kier molecular flexibility index (Phi) is 31.0. The van der Waals surface area contributed by atoms with Gasteiger partial charge in [0.25, 0.3) is 0 Å². The van der Waals surface area contributed by atoms with Gasteiger partial charge in [0.1, 0.15) is 98.1 Å². The molecule has 13 aliphatic rings. The lowest BCUT2D eigenvalue weighted by Gasteiger charge is -2.33. The van der Waals surface area contributed by atoms with E-state index in [1.54, 1.807) is 67.6 Å². The van der Waals surface area contributed by atoms with E-state index in [9.17, 15) is 44.8 Å². The van der Waals surface area contributed by atoms with Crippen LogP contribution in [0, 0.1) is 64.4 Å². The number of rotatable bonds is 36. The Morgan fingerprint density at radius 1 is 0.415 bits per heavy atom. The van der Waals surface area contributed by atoms with Crippen LogP contribution >= 0.6 is 46.4 Å². The minimum atomic E-state index is -3.51. The van der Waals surface area contributed by atoms with Crippen LogP contribution in [0.3, 0.4) is 0 Å². The largest absolute Gasteiger partial charge is 0.481 e. The smallest absolute Gasteiger partial charge is 0.306 e. The number of fused-ring (bicyclic) bond motifs is 8. The molecule has 147 heavy (non-hydrogen) atoms. The monoisotopic (exact) mass is 2120 g/mol. The second-order valence-corrected chi connectivity index (χ2v) is 45.5. The Labute approximate surface area is 866 Å². The number of esters is 1. The number of carboxylic acids is 1. The highest BCUT2D eigenvalue weighted by molar-refractivity contribution is 7.92. The number of carboxylic acid groups (broad SMARTS) is 1. The van der Waals surface area contributed by atoms with E-state index in [-0.39, 0.29) is 190 Å². The van der Waals surface area contributed by atoms with Crippen molar-refractivity contribution >= 4 is 91.0 Å². The van der Waals surface area contributed by atoms with Crippen molar-refractivity contribution in [3.8, 4) is 45.0 Å². The molecule has 0 unspecified atom stereocenters. The molecule has 12 atom stereocenters. The molecule has 8 bridgehead atoms. The average Bonchev–Trinajstić information content (AvgIpc) is 1.62. The number of nitrogens with zero attached hydrogens (tertiary/aromatic N) is 7. The van der Waals surface area contributed by atoms with Crippen LogP contribution in [0.25, 0.3) is 45.0 Å². The number of aryl methyl sites for hydroxylation is 3. The van der Waals surface area contributed by atoms with Gasteiger partial charge >= 0.3 is 11.9 Å². The van der Waals surface area contributed by atoms with E-state index in [0.29, 0.717) is 151 Å². The maximum Gasteiger partial charge on any atom is 0.306 e. The molecule has 13 fully saturated rings. The summed E-state index contributed by atoms with van der Waals surface area (Å²) in [6.07, 6.45) is 17.9. The van der Waals surface area contributed by atoms with Gasteiger partial charge in [0.2, 0.25) is 0 Å². The van der Waals surface area contributed by atoms with Crippen molar-refractivity contribution < 1.29 is 105 Å². The summed E-state index contributed by atoms with van der Waals surface area (Å²) in [5, 5.41) is 29.8. The molecule has 778 valence electrons. The van der Waals surface area contributed by atoms with Gasteiger partial charge < -0.3 is 71.6 Å². The number of ether oxygens (including phenoxy) is 6. The van der Waals surface area contributed by atoms with Gasteiger partial charge in [0, 0.05) is 147 Å². The normalized spacial score (nSPS) is 23.6. The number of hydrogen-bond acceptors (Lipinski definition) is 23. The van der Waals surface area contributed by atoms with E-state index >= 15 is 8.78 Å². The second kappa shape index (κ2) is 44.4. The lowest BCUT2D eigenvalue weighted by atomic mass is 10.0. The standard InChI is InChI=1S/C34H37ClF2N2O6S.C30H31ClF2N2O4.C28H27ClF2N2O4.C19H20ClFN2O2/c35-27-2-1-3-28(36)32(27)33-26(34(45-38-33)21-6-7-21)18-44-31-16-23-15-22(31)17-39(23)30-9-5-20(14-29(30)37)4-8-24(40)19-46(41,42)25-10-12-43-13-11-25;1-2-37-27(36)11-7-17-6-10-25(24(33)12-17)35-15-19-13-20(35)14-26(19)38-16-21-29(34-39-30(21)18-8-9-18)28-22(31)4-3-5-23(28)32;29-20-2-1-3-21(30)26(20)27-19(28(37-32-27)16-6-7-16)14-36-24-12-18-11-17(24)13-33(18)23-8-4-15(10-22(23)31)5-9-25(34)35;20-14-2-1-3-15(21)17(14)18-13(19(25-23-18)10-4-5-10)9-24-16-7-12-6-11(16)8-22-12/h1-3,5,9,14,21-23,25,31H,4,6-8,10-13,15-19H2;3-6,10,12,18-20,26H,2,7-9,11,13-16H2,1H3;1-4,8,10,16-18,24H,5-7,9,11-14H2,(H,34,35);1-3,10-12,16,22H,4-9H2/t22-,23-,31+;19-,20-,26+;17-,18-,24+;11-,12-,16+/m0000/s1. The Bertz CT molecular complexity index is 6730. The van der Waals surface area contributed by atoms with Gasteiger partial charge in [0.05, 0.1) is 122 Å². The first-order chi connectivity index (χ1) is 71.2. The third-order valence-corrected chi connectivity index (χ3v) is 35.1. The summed E-state index contributed by atoms with van der Waals surface area (Å²) < 4.78 is 187. The fourth-order valence-corrected chi connectivity index (χ4v) is 26.2. The van der Waals surface area contributed by atoms with Crippen molar-refractivity contribution in [2.24, 2.45) is 23.7 Å². The van der Waals surface area contributed by atoms with Crippen molar-refractivity contribution in [3.05, 3.63) is 250 Å². The zero-order valence-electron chi connectivity index (χ0n) is 81.2. The van der Waals surface area contributed by atoms with Crippen LogP contribution in [0.4, 0.5) is 47.8 Å². The number of nitrogens with one attached hydrogen (secondary N) is 1. The summed E-state index contributed by atoms with van der Waals surface area (Å²) in [6.45, 7) is 7.15. The molecule has 7 aromatic carbocycles. The van der Waals surface area contributed by atoms with E-state index in [1.807, 2.05) is 24.3 Å². The molecule has 9 heterocycles. The maximum absolute atomic E-state index is 15.4. The summed E-state index contributed by atoms with van der Waals surface area (Å²) in [6, 6.07) is 34.7. The Morgan fingerprint density at radius 3 is 1.03 bits per heavy atom. The number of anilines is 3. The van der Waals surface area contributed by atoms with Crippen molar-refractivity contribution in [1.29, 1.82) is 0 Å². The summed E-state index contributed by atoms with van der Waals surface area (Å²) in [4.78, 5) is 41.3. The maximum atomic E-state index is 15.4. The first-order valence-corrected chi connectivity index (χ1v) is 54.7. The van der Waals surface area contributed by atoms with Crippen LogP contribution in [0.2, 0.25) is 20.1 Å². The molecule has 0 amide bonds. The van der Waals surface area contributed by atoms with Crippen LogP contribution in [-0.4, -0.2) is 157 Å². The summed E-state index contributed by atoms with van der Waals surface area (Å²) in [5.41, 5.74) is 9.64. The lowest BCUT2D eigenvalue weighted by Crippen LogP contribution is -2.39. The number of hydrogen-bond donors (Lipinski definition) is 2. The van der Waals surface area contributed by atoms with Crippen LogP contribution < -0.4 is 20.0 Å². The summed E-state index contributed by atoms with van der Waals surface area (Å²) in [7, 11) is -3.51. The third-order valence-electron chi connectivity index (χ3n) is 31.6. The number of carbonyl (C=O) groups is 3. The molecule has 5 aliphatic heterocycles. The number of aliphatic carboxylic acids is 1. The minimum Gasteiger partial charge on any atom is -0.481 e. The van der Waals surface area contributed by atoms with E-state index < -0.39 is 44.3 Å². The molecular formula is C111H115Cl4F7N8O16S. The molecule has 24 nitrogen and oxygen atoms in total. The van der Waals surface area contributed by atoms with Crippen molar-refractivity contribution in [3.63, 3.8) is 0 Å².